The van der Waals surface area contributed by atoms with Crippen LogP contribution in [0.2, 0.25) is 0 Å². The van der Waals surface area contributed by atoms with E-state index >= 15 is 0 Å². The third-order valence-corrected chi connectivity index (χ3v) is 3.12. The van der Waals surface area contributed by atoms with Crippen molar-refractivity contribution >= 4 is 17.4 Å². The Balaban J connectivity index is 2.17. The Kier molecular flexibility index (Phi) is 5.42. The van der Waals surface area contributed by atoms with E-state index in [9.17, 15) is 4.79 Å². The van der Waals surface area contributed by atoms with Gasteiger partial charge < -0.3 is 10.1 Å². The maximum Gasteiger partial charge on any atom is 0.326 e. The molecule has 0 radical (unpaired) electrons. The van der Waals surface area contributed by atoms with Gasteiger partial charge in [0.25, 0.3) is 0 Å². The number of hydrogen-bond acceptors (Lipinski definition) is 2. The molecule has 116 valence electrons. The molecule has 0 heterocycles. The summed E-state index contributed by atoms with van der Waals surface area (Å²) < 4.78 is 5.73. The van der Waals surface area contributed by atoms with E-state index in [4.69, 9.17) is 4.74 Å². The van der Waals surface area contributed by atoms with Gasteiger partial charge >= 0.3 is 6.03 Å². The van der Waals surface area contributed by atoms with Crippen LogP contribution < -0.4 is 15.0 Å². The van der Waals surface area contributed by atoms with Crippen LogP contribution in [0.5, 0.6) is 5.75 Å². The lowest BCUT2D eigenvalue weighted by Crippen LogP contribution is -2.34. The van der Waals surface area contributed by atoms with Gasteiger partial charge in [-0.15, -0.1) is 0 Å². The molecule has 0 aliphatic heterocycles. The molecule has 2 aromatic rings. The molecular formula is C18H22N2O2. The average molecular weight is 298 g/mol. The van der Waals surface area contributed by atoms with Gasteiger partial charge in [-0.2, -0.15) is 0 Å². The standard InChI is InChI=1S/C18H22N2O2/c1-4-20(15-10-6-5-7-11-15)18(21)19-16-12-8-9-13-17(16)22-14(2)3/h5-14H,4H2,1-3H3,(H,19,21). The Morgan fingerprint density at radius 2 is 1.73 bits per heavy atom. The molecule has 1 N–H and O–H groups in total. The van der Waals surface area contributed by atoms with E-state index in [2.05, 4.69) is 5.32 Å². The Bertz CT molecular complexity index is 611. The summed E-state index contributed by atoms with van der Waals surface area (Å²) in [5.41, 5.74) is 1.54. The summed E-state index contributed by atoms with van der Waals surface area (Å²) in [6.45, 7) is 6.45. The third kappa shape index (κ3) is 4.01. The fourth-order valence-electron chi connectivity index (χ4n) is 2.16. The quantitative estimate of drug-likeness (QED) is 0.881. The van der Waals surface area contributed by atoms with Crippen LogP contribution in [0.15, 0.2) is 54.6 Å². The van der Waals surface area contributed by atoms with Crippen LogP contribution in [0.3, 0.4) is 0 Å². The largest absolute Gasteiger partial charge is 0.489 e. The van der Waals surface area contributed by atoms with Gasteiger partial charge in [0.1, 0.15) is 5.75 Å². The number of amides is 2. The lowest BCUT2D eigenvalue weighted by Gasteiger charge is -2.22. The molecule has 4 nitrogen and oxygen atoms in total. The molecule has 22 heavy (non-hydrogen) atoms. The fraction of sp³-hybridized carbons (Fsp3) is 0.278. The highest BCUT2D eigenvalue weighted by Gasteiger charge is 2.15. The molecule has 0 saturated heterocycles. The lowest BCUT2D eigenvalue weighted by atomic mass is 10.2. The monoisotopic (exact) mass is 298 g/mol. The van der Waals surface area contributed by atoms with Crippen LogP contribution in [0, 0.1) is 0 Å². The van der Waals surface area contributed by atoms with E-state index < -0.39 is 0 Å². The molecule has 0 bridgehead atoms. The molecule has 4 heteroatoms. The van der Waals surface area contributed by atoms with Crippen molar-refractivity contribution in [2.24, 2.45) is 0 Å². The molecule has 0 aliphatic rings. The molecule has 0 saturated carbocycles. The first-order valence-corrected chi connectivity index (χ1v) is 7.51. The fourth-order valence-corrected chi connectivity index (χ4v) is 2.16. The maximum atomic E-state index is 12.5. The third-order valence-electron chi connectivity index (χ3n) is 3.12. The molecular weight excluding hydrogens is 276 g/mol. The summed E-state index contributed by atoms with van der Waals surface area (Å²) in [7, 11) is 0. The van der Waals surface area contributed by atoms with Crippen LogP contribution in [-0.2, 0) is 0 Å². The van der Waals surface area contributed by atoms with Gasteiger partial charge in [-0.25, -0.2) is 4.79 Å². The van der Waals surface area contributed by atoms with Crippen molar-refractivity contribution in [3.05, 3.63) is 54.6 Å². The zero-order valence-electron chi connectivity index (χ0n) is 13.2. The molecule has 2 aromatic carbocycles. The summed E-state index contributed by atoms with van der Waals surface area (Å²) in [4.78, 5) is 14.2. The Hall–Kier alpha value is -2.49. The van der Waals surface area contributed by atoms with Crippen molar-refractivity contribution in [3.8, 4) is 5.75 Å². The number of urea groups is 1. The summed E-state index contributed by atoms with van der Waals surface area (Å²) in [6.07, 6.45) is 0.0504. The van der Waals surface area contributed by atoms with E-state index in [1.54, 1.807) is 4.90 Å². The number of nitrogens with one attached hydrogen (secondary N) is 1. The first-order valence-electron chi connectivity index (χ1n) is 7.51. The Morgan fingerprint density at radius 1 is 1.09 bits per heavy atom. The van der Waals surface area contributed by atoms with Gasteiger partial charge in [-0.05, 0) is 45.0 Å². The van der Waals surface area contributed by atoms with Gasteiger partial charge in [0.05, 0.1) is 11.8 Å². The molecule has 2 amide bonds. The number of benzene rings is 2. The van der Waals surface area contributed by atoms with Crippen molar-refractivity contribution in [3.63, 3.8) is 0 Å². The van der Waals surface area contributed by atoms with E-state index in [0.717, 1.165) is 5.69 Å². The summed E-state index contributed by atoms with van der Waals surface area (Å²) in [5.74, 6) is 0.676. The highest BCUT2D eigenvalue weighted by atomic mass is 16.5. The number of anilines is 2. The number of para-hydroxylation sites is 3. The number of rotatable bonds is 5. The van der Waals surface area contributed by atoms with Crippen LogP contribution >= 0.6 is 0 Å². The van der Waals surface area contributed by atoms with E-state index in [0.29, 0.717) is 18.0 Å². The Morgan fingerprint density at radius 3 is 2.36 bits per heavy atom. The normalized spacial score (nSPS) is 10.4. The van der Waals surface area contributed by atoms with Crippen molar-refractivity contribution < 1.29 is 9.53 Å². The predicted octanol–water partition coefficient (Wildman–Crippen LogP) is 4.53. The molecule has 0 aromatic heterocycles. The van der Waals surface area contributed by atoms with Crippen LogP contribution in [0.1, 0.15) is 20.8 Å². The molecule has 0 unspecified atom stereocenters. The van der Waals surface area contributed by atoms with Crippen LogP contribution in [0.25, 0.3) is 0 Å². The van der Waals surface area contributed by atoms with Gasteiger partial charge in [-0.3, -0.25) is 4.90 Å². The zero-order chi connectivity index (χ0) is 15.9. The van der Waals surface area contributed by atoms with Gasteiger partial charge in [0.2, 0.25) is 0 Å². The Labute approximate surface area is 131 Å². The van der Waals surface area contributed by atoms with Crippen LogP contribution in [-0.4, -0.2) is 18.7 Å². The maximum absolute atomic E-state index is 12.5. The van der Waals surface area contributed by atoms with Gasteiger partial charge in [-0.1, -0.05) is 30.3 Å². The second-order valence-electron chi connectivity index (χ2n) is 5.17. The molecule has 0 fully saturated rings. The van der Waals surface area contributed by atoms with Crippen molar-refractivity contribution in [2.45, 2.75) is 26.9 Å². The predicted molar refractivity (Wildman–Crippen MR) is 90.7 cm³/mol. The first-order chi connectivity index (χ1) is 10.6. The SMILES string of the molecule is CCN(C(=O)Nc1ccccc1OC(C)C)c1ccccc1. The topological polar surface area (TPSA) is 41.6 Å². The number of carbonyl (C=O) groups excluding carboxylic acids is 1. The second-order valence-corrected chi connectivity index (χ2v) is 5.17. The molecule has 2 rings (SSSR count). The lowest BCUT2D eigenvalue weighted by molar-refractivity contribution is 0.242. The highest BCUT2D eigenvalue weighted by Crippen LogP contribution is 2.26. The summed E-state index contributed by atoms with van der Waals surface area (Å²) in [6, 6.07) is 16.9. The van der Waals surface area contributed by atoms with E-state index in [1.165, 1.54) is 0 Å². The summed E-state index contributed by atoms with van der Waals surface area (Å²) >= 11 is 0. The first kappa shape index (κ1) is 15.9. The molecule has 0 spiro atoms. The minimum atomic E-state index is -0.173. The van der Waals surface area contributed by atoms with Crippen molar-refractivity contribution in [1.29, 1.82) is 0 Å². The van der Waals surface area contributed by atoms with Gasteiger partial charge in [0.15, 0.2) is 0 Å². The molecule has 0 atom stereocenters. The number of hydrogen-bond donors (Lipinski definition) is 1. The molecule has 0 aliphatic carbocycles. The number of carbonyl (C=O) groups is 1. The van der Waals surface area contributed by atoms with E-state index in [-0.39, 0.29) is 12.1 Å². The smallest absolute Gasteiger partial charge is 0.326 e. The number of nitrogens with zero attached hydrogens (tertiary/aromatic N) is 1. The van der Waals surface area contributed by atoms with Gasteiger partial charge in [0, 0.05) is 12.2 Å². The van der Waals surface area contributed by atoms with E-state index in [1.807, 2.05) is 75.4 Å². The van der Waals surface area contributed by atoms with Crippen LogP contribution in [0.4, 0.5) is 16.2 Å². The zero-order valence-corrected chi connectivity index (χ0v) is 13.2. The number of ether oxygens (including phenoxy) is 1. The summed E-state index contributed by atoms with van der Waals surface area (Å²) in [5, 5.41) is 2.93. The highest BCUT2D eigenvalue weighted by molar-refractivity contribution is 6.02. The average Bonchev–Trinajstić information content (AvgIpc) is 2.50. The van der Waals surface area contributed by atoms with Crippen molar-refractivity contribution in [1.82, 2.24) is 0 Å². The van der Waals surface area contributed by atoms with Crippen molar-refractivity contribution in [2.75, 3.05) is 16.8 Å². The minimum absolute atomic E-state index is 0.0504. The second kappa shape index (κ2) is 7.50. The minimum Gasteiger partial charge on any atom is -0.489 e.